The van der Waals surface area contributed by atoms with Crippen LogP contribution < -0.4 is 10.6 Å². The highest BCUT2D eigenvalue weighted by atomic mass is 16.6. The van der Waals surface area contributed by atoms with Crippen LogP contribution in [0.1, 0.15) is 31.2 Å². The molecule has 2 N–H and O–H groups in total. The third kappa shape index (κ3) is 3.61. The Morgan fingerprint density at radius 2 is 1.88 bits per heavy atom. The Kier molecular flexibility index (Phi) is 4.59. The molecule has 1 saturated carbocycles. The number of hydrogen-bond acceptors (Lipinski definition) is 6. The van der Waals surface area contributed by atoms with Gasteiger partial charge in [0.1, 0.15) is 12.4 Å². The quantitative estimate of drug-likeness (QED) is 0.623. The van der Waals surface area contributed by atoms with Crippen LogP contribution in [-0.4, -0.2) is 27.0 Å². The van der Waals surface area contributed by atoms with Crippen molar-refractivity contribution in [2.45, 2.75) is 38.1 Å². The van der Waals surface area contributed by atoms with Gasteiger partial charge in [0, 0.05) is 12.2 Å². The molecule has 24 heavy (non-hydrogen) atoms. The van der Waals surface area contributed by atoms with Crippen LogP contribution in [0.3, 0.4) is 0 Å². The summed E-state index contributed by atoms with van der Waals surface area (Å²) in [6.07, 6.45) is 6.96. The van der Waals surface area contributed by atoms with Gasteiger partial charge in [-0.1, -0.05) is 31.0 Å². The van der Waals surface area contributed by atoms with Crippen molar-refractivity contribution >= 4 is 17.3 Å². The zero-order valence-electron chi connectivity index (χ0n) is 13.7. The Hall–Kier alpha value is -2.70. The fraction of sp³-hybridized carbons (Fsp3) is 0.412. The molecule has 2 aromatic rings. The molecule has 0 amide bonds. The SMILES string of the molecule is Cc1ccccc1NC1(CNc2ncc([N+](=O)[O-])cn2)CCCC1. The maximum atomic E-state index is 10.7. The number of aromatic nitrogens is 2. The number of hydrogen-bond donors (Lipinski definition) is 2. The Bertz CT molecular complexity index is 711. The first-order valence-electron chi connectivity index (χ1n) is 8.12. The van der Waals surface area contributed by atoms with Crippen LogP contribution in [0.5, 0.6) is 0 Å². The Labute approximate surface area is 140 Å². The zero-order chi connectivity index (χ0) is 17.0. The topological polar surface area (TPSA) is 93.0 Å². The van der Waals surface area contributed by atoms with Crippen molar-refractivity contribution in [1.82, 2.24) is 9.97 Å². The lowest BCUT2D eigenvalue weighted by Crippen LogP contribution is -2.42. The number of benzene rings is 1. The highest BCUT2D eigenvalue weighted by Crippen LogP contribution is 2.34. The van der Waals surface area contributed by atoms with Crippen molar-refractivity contribution in [2.24, 2.45) is 0 Å². The molecule has 0 unspecified atom stereocenters. The average molecular weight is 327 g/mol. The van der Waals surface area contributed by atoms with Crippen molar-refractivity contribution in [1.29, 1.82) is 0 Å². The van der Waals surface area contributed by atoms with E-state index in [4.69, 9.17) is 0 Å². The van der Waals surface area contributed by atoms with Crippen LogP contribution in [0.25, 0.3) is 0 Å². The van der Waals surface area contributed by atoms with Crippen LogP contribution in [-0.2, 0) is 0 Å². The third-order valence-corrected chi connectivity index (χ3v) is 4.54. The van der Waals surface area contributed by atoms with Crippen molar-refractivity contribution in [2.75, 3.05) is 17.2 Å². The lowest BCUT2D eigenvalue weighted by molar-refractivity contribution is -0.385. The molecule has 0 aliphatic heterocycles. The van der Waals surface area contributed by atoms with Gasteiger partial charge in [0.25, 0.3) is 0 Å². The monoisotopic (exact) mass is 327 g/mol. The Morgan fingerprint density at radius 1 is 1.21 bits per heavy atom. The molecule has 0 radical (unpaired) electrons. The van der Waals surface area contributed by atoms with Gasteiger partial charge in [-0.3, -0.25) is 10.1 Å². The van der Waals surface area contributed by atoms with E-state index in [1.807, 2.05) is 12.1 Å². The predicted octanol–water partition coefficient (Wildman–Crippen LogP) is 3.53. The van der Waals surface area contributed by atoms with Crippen molar-refractivity contribution in [3.8, 4) is 0 Å². The standard InChI is InChI=1S/C17H21N5O2/c1-13-6-2-3-7-15(13)21-17(8-4-5-9-17)12-20-16-18-10-14(11-19-16)22(23)24/h2-3,6-7,10-11,21H,4-5,8-9,12H2,1H3,(H,18,19,20). The van der Waals surface area contributed by atoms with Gasteiger partial charge in [0.05, 0.1) is 10.5 Å². The first-order chi connectivity index (χ1) is 11.6. The van der Waals surface area contributed by atoms with E-state index in [2.05, 4.69) is 39.7 Å². The molecule has 3 rings (SSSR count). The molecule has 1 fully saturated rings. The van der Waals surface area contributed by atoms with E-state index in [1.165, 1.54) is 30.8 Å². The first kappa shape index (κ1) is 16.2. The minimum Gasteiger partial charge on any atom is -0.378 e. The smallest absolute Gasteiger partial charge is 0.305 e. The molecule has 7 nitrogen and oxygen atoms in total. The number of rotatable bonds is 6. The average Bonchev–Trinajstić information content (AvgIpc) is 3.04. The highest BCUT2D eigenvalue weighted by Gasteiger charge is 2.34. The minimum absolute atomic E-state index is 0.0444. The van der Waals surface area contributed by atoms with E-state index in [0.717, 1.165) is 18.5 Å². The molecule has 1 heterocycles. The second kappa shape index (κ2) is 6.82. The number of nitro groups is 1. The van der Waals surface area contributed by atoms with E-state index in [0.29, 0.717) is 12.5 Å². The maximum Gasteiger partial charge on any atom is 0.305 e. The van der Waals surface area contributed by atoms with Crippen LogP contribution in [0.15, 0.2) is 36.7 Å². The second-order valence-electron chi connectivity index (χ2n) is 6.30. The maximum absolute atomic E-state index is 10.7. The van der Waals surface area contributed by atoms with Gasteiger partial charge < -0.3 is 10.6 Å². The van der Waals surface area contributed by atoms with E-state index in [-0.39, 0.29) is 11.2 Å². The van der Waals surface area contributed by atoms with Crippen LogP contribution >= 0.6 is 0 Å². The van der Waals surface area contributed by atoms with Crippen LogP contribution in [0.4, 0.5) is 17.3 Å². The predicted molar refractivity (Wildman–Crippen MR) is 93.2 cm³/mol. The molecule has 1 aliphatic rings. The molecular weight excluding hydrogens is 306 g/mol. The summed E-state index contributed by atoms with van der Waals surface area (Å²) >= 11 is 0. The molecule has 0 spiro atoms. The number of nitrogens with one attached hydrogen (secondary N) is 2. The molecule has 126 valence electrons. The molecule has 1 aliphatic carbocycles. The van der Waals surface area contributed by atoms with E-state index in [1.54, 1.807) is 0 Å². The zero-order valence-corrected chi connectivity index (χ0v) is 13.7. The summed E-state index contributed by atoms with van der Waals surface area (Å²) in [6, 6.07) is 8.26. The lowest BCUT2D eigenvalue weighted by atomic mass is 9.96. The van der Waals surface area contributed by atoms with Crippen LogP contribution in [0, 0.1) is 17.0 Å². The molecule has 0 atom stereocenters. The Morgan fingerprint density at radius 3 is 2.50 bits per heavy atom. The fourth-order valence-electron chi connectivity index (χ4n) is 3.15. The fourth-order valence-corrected chi connectivity index (χ4v) is 3.15. The number of aryl methyl sites for hydroxylation is 1. The number of para-hydroxylation sites is 1. The summed E-state index contributed by atoms with van der Waals surface area (Å²) in [5.41, 5.74) is 2.22. The van der Waals surface area contributed by atoms with Crippen molar-refractivity contribution in [3.63, 3.8) is 0 Å². The van der Waals surface area contributed by atoms with Gasteiger partial charge >= 0.3 is 5.69 Å². The minimum atomic E-state index is -0.498. The van der Waals surface area contributed by atoms with Gasteiger partial charge in [-0.05, 0) is 31.4 Å². The summed E-state index contributed by atoms with van der Waals surface area (Å²) in [7, 11) is 0. The molecule has 0 saturated heterocycles. The van der Waals surface area contributed by atoms with Gasteiger partial charge in [-0.2, -0.15) is 0 Å². The van der Waals surface area contributed by atoms with E-state index in [9.17, 15) is 10.1 Å². The molecule has 1 aromatic heterocycles. The van der Waals surface area contributed by atoms with Crippen molar-refractivity contribution < 1.29 is 4.92 Å². The summed E-state index contributed by atoms with van der Waals surface area (Å²) in [4.78, 5) is 18.2. The molecular formula is C17H21N5O2. The number of anilines is 2. The van der Waals surface area contributed by atoms with Gasteiger partial charge in [-0.15, -0.1) is 0 Å². The highest BCUT2D eigenvalue weighted by molar-refractivity contribution is 5.53. The molecule has 1 aromatic carbocycles. The van der Waals surface area contributed by atoms with Gasteiger partial charge in [0.2, 0.25) is 5.95 Å². The molecule has 0 bridgehead atoms. The summed E-state index contributed by atoms with van der Waals surface area (Å²) in [6.45, 7) is 2.77. The van der Waals surface area contributed by atoms with Gasteiger partial charge in [-0.25, -0.2) is 9.97 Å². The second-order valence-corrected chi connectivity index (χ2v) is 6.30. The number of nitrogens with zero attached hydrogens (tertiary/aromatic N) is 3. The normalized spacial score (nSPS) is 15.9. The third-order valence-electron chi connectivity index (χ3n) is 4.54. The largest absolute Gasteiger partial charge is 0.378 e. The summed E-state index contributed by atoms with van der Waals surface area (Å²) < 4.78 is 0. The summed E-state index contributed by atoms with van der Waals surface area (Å²) in [5, 5.41) is 17.6. The van der Waals surface area contributed by atoms with Crippen molar-refractivity contribution in [3.05, 3.63) is 52.3 Å². The Balaban J connectivity index is 1.70. The van der Waals surface area contributed by atoms with Gasteiger partial charge in [0.15, 0.2) is 0 Å². The van der Waals surface area contributed by atoms with Crippen LogP contribution in [0.2, 0.25) is 0 Å². The van der Waals surface area contributed by atoms with E-state index >= 15 is 0 Å². The summed E-state index contributed by atoms with van der Waals surface area (Å²) in [5.74, 6) is 0.415. The first-order valence-corrected chi connectivity index (χ1v) is 8.12. The molecule has 7 heteroatoms. The van der Waals surface area contributed by atoms with E-state index < -0.39 is 4.92 Å². The lowest BCUT2D eigenvalue weighted by Gasteiger charge is -2.32.